The summed E-state index contributed by atoms with van der Waals surface area (Å²) in [5, 5.41) is 3.45. The molecule has 1 saturated heterocycles. The maximum absolute atomic E-state index is 14.0. The van der Waals surface area contributed by atoms with E-state index in [1.54, 1.807) is 6.07 Å². The molecule has 0 amide bonds. The number of likely N-dealkylation sites (tertiary alicyclic amines) is 1. The summed E-state index contributed by atoms with van der Waals surface area (Å²) in [5.74, 6) is -0.0800. The Hall–Kier alpha value is -0.930. The molecule has 0 radical (unpaired) electrons. The number of hydrogen-bond acceptors (Lipinski definition) is 2. The fourth-order valence-electron chi connectivity index (χ4n) is 2.67. The number of nitrogens with zero attached hydrogens (tertiary/aromatic N) is 1. The van der Waals surface area contributed by atoms with Crippen molar-refractivity contribution in [2.75, 3.05) is 6.54 Å². The van der Waals surface area contributed by atoms with Crippen LogP contribution in [-0.4, -0.2) is 23.0 Å². The van der Waals surface area contributed by atoms with Crippen LogP contribution >= 0.6 is 0 Å². The lowest BCUT2D eigenvalue weighted by Gasteiger charge is -2.23. The van der Waals surface area contributed by atoms with Gasteiger partial charge in [-0.3, -0.25) is 4.90 Å². The lowest BCUT2D eigenvalue weighted by molar-refractivity contribution is 0.256. The topological polar surface area (TPSA) is 15.3 Å². The largest absolute Gasteiger partial charge is 0.308 e. The molecule has 1 heterocycles. The van der Waals surface area contributed by atoms with E-state index in [2.05, 4.69) is 37.9 Å². The fraction of sp³-hybridized carbons (Fsp3) is 0.647. The third-order valence-electron chi connectivity index (χ3n) is 4.00. The Morgan fingerprint density at radius 3 is 2.70 bits per heavy atom. The quantitative estimate of drug-likeness (QED) is 0.903. The molecule has 1 unspecified atom stereocenters. The number of rotatable bonds is 4. The molecule has 2 nitrogen and oxygen atoms in total. The van der Waals surface area contributed by atoms with Crippen molar-refractivity contribution in [2.45, 2.75) is 65.2 Å². The molecule has 1 N–H and O–H groups in total. The average molecular weight is 278 g/mol. The Kier molecular flexibility index (Phi) is 4.82. The first kappa shape index (κ1) is 15.5. The predicted octanol–water partition coefficient (Wildman–Crippen LogP) is 3.70. The van der Waals surface area contributed by atoms with E-state index in [9.17, 15) is 4.39 Å². The van der Waals surface area contributed by atoms with Crippen LogP contribution in [0, 0.1) is 5.82 Å². The van der Waals surface area contributed by atoms with Crippen LogP contribution in [-0.2, 0) is 13.1 Å². The van der Waals surface area contributed by atoms with Gasteiger partial charge in [0.15, 0.2) is 0 Å². The molecule has 1 aromatic carbocycles. The summed E-state index contributed by atoms with van der Waals surface area (Å²) in [5.41, 5.74) is 2.06. The van der Waals surface area contributed by atoms with Crippen LogP contribution in [0.25, 0.3) is 0 Å². The molecule has 0 saturated carbocycles. The van der Waals surface area contributed by atoms with Gasteiger partial charge in [0.25, 0.3) is 0 Å². The van der Waals surface area contributed by atoms with Crippen LogP contribution < -0.4 is 5.32 Å². The van der Waals surface area contributed by atoms with Gasteiger partial charge < -0.3 is 5.32 Å². The normalized spacial score (nSPS) is 20.6. The minimum absolute atomic E-state index is 0.0800. The smallest absolute Gasteiger partial charge is 0.127 e. The second-order valence-electron chi connectivity index (χ2n) is 6.99. The van der Waals surface area contributed by atoms with Gasteiger partial charge in [-0.1, -0.05) is 12.1 Å². The standard InChI is InChI=1S/C17H27FN2/c1-13-6-5-9-20(13)12-15-10-14(7-8-16(15)18)11-19-17(2,3)4/h7-8,10,13,19H,5-6,9,11-12H2,1-4H3. The number of nitrogens with one attached hydrogen (secondary N) is 1. The molecule has 0 aromatic heterocycles. The van der Waals surface area contributed by atoms with Crippen molar-refractivity contribution in [2.24, 2.45) is 0 Å². The van der Waals surface area contributed by atoms with E-state index >= 15 is 0 Å². The van der Waals surface area contributed by atoms with Crippen LogP contribution in [0.15, 0.2) is 18.2 Å². The summed E-state index contributed by atoms with van der Waals surface area (Å²) in [7, 11) is 0. The summed E-state index contributed by atoms with van der Waals surface area (Å²) < 4.78 is 14.0. The minimum Gasteiger partial charge on any atom is -0.308 e. The van der Waals surface area contributed by atoms with E-state index in [1.165, 1.54) is 12.8 Å². The third-order valence-corrected chi connectivity index (χ3v) is 4.00. The van der Waals surface area contributed by atoms with E-state index in [0.29, 0.717) is 6.04 Å². The summed E-state index contributed by atoms with van der Waals surface area (Å²) in [6.07, 6.45) is 2.46. The zero-order valence-electron chi connectivity index (χ0n) is 13.2. The van der Waals surface area contributed by atoms with Gasteiger partial charge >= 0.3 is 0 Å². The maximum atomic E-state index is 14.0. The highest BCUT2D eigenvalue weighted by Gasteiger charge is 2.21. The van der Waals surface area contributed by atoms with Gasteiger partial charge in [0.05, 0.1) is 0 Å². The van der Waals surface area contributed by atoms with Crippen molar-refractivity contribution in [1.29, 1.82) is 0 Å². The summed E-state index contributed by atoms with van der Waals surface area (Å²) in [6.45, 7) is 11.3. The number of benzene rings is 1. The Labute approximate surface area is 122 Å². The average Bonchev–Trinajstić information content (AvgIpc) is 2.75. The van der Waals surface area contributed by atoms with Gasteiger partial charge in [-0.05, 0) is 58.7 Å². The number of hydrogen-bond donors (Lipinski definition) is 1. The monoisotopic (exact) mass is 278 g/mol. The van der Waals surface area contributed by atoms with Gasteiger partial charge in [-0.2, -0.15) is 0 Å². The second kappa shape index (κ2) is 6.23. The molecule has 1 aliphatic rings. The number of halogens is 1. The molecule has 112 valence electrons. The summed E-state index contributed by atoms with van der Waals surface area (Å²) in [4.78, 5) is 2.37. The van der Waals surface area contributed by atoms with Gasteiger partial charge in [0, 0.05) is 30.2 Å². The molecule has 1 aromatic rings. The van der Waals surface area contributed by atoms with Crippen molar-refractivity contribution < 1.29 is 4.39 Å². The first-order valence-corrected chi connectivity index (χ1v) is 7.61. The highest BCUT2D eigenvalue weighted by Crippen LogP contribution is 2.21. The Morgan fingerprint density at radius 2 is 2.10 bits per heavy atom. The van der Waals surface area contributed by atoms with Crippen LogP contribution in [0.4, 0.5) is 4.39 Å². The molecule has 2 rings (SSSR count). The first-order valence-electron chi connectivity index (χ1n) is 7.61. The Morgan fingerprint density at radius 1 is 1.35 bits per heavy atom. The van der Waals surface area contributed by atoms with Crippen molar-refractivity contribution >= 4 is 0 Å². The molecule has 3 heteroatoms. The zero-order valence-corrected chi connectivity index (χ0v) is 13.2. The van der Waals surface area contributed by atoms with Gasteiger partial charge in [0.2, 0.25) is 0 Å². The third kappa shape index (κ3) is 4.29. The second-order valence-corrected chi connectivity index (χ2v) is 6.99. The van der Waals surface area contributed by atoms with Crippen molar-refractivity contribution in [3.63, 3.8) is 0 Å². The van der Waals surface area contributed by atoms with E-state index < -0.39 is 0 Å². The molecule has 0 aliphatic carbocycles. The molecule has 20 heavy (non-hydrogen) atoms. The molecular formula is C17H27FN2. The minimum atomic E-state index is -0.0800. The molecule has 1 aliphatic heterocycles. The highest BCUT2D eigenvalue weighted by atomic mass is 19.1. The SMILES string of the molecule is CC1CCCN1Cc1cc(CNC(C)(C)C)ccc1F. The van der Waals surface area contributed by atoms with Crippen molar-refractivity contribution in [1.82, 2.24) is 10.2 Å². The predicted molar refractivity (Wildman–Crippen MR) is 82.1 cm³/mol. The van der Waals surface area contributed by atoms with E-state index in [4.69, 9.17) is 0 Å². The summed E-state index contributed by atoms with van der Waals surface area (Å²) >= 11 is 0. The van der Waals surface area contributed by atoms with Crippen molar-refractivity contribution in [3.8, 4) is 0 Å². The van der Waals surface area contributed by atoms with Gasteiger partial charge in [-0.25, -0.2) is 4.39 Å². The van der Waals surface area contributed by atoms with Crippen LogP contribution in [0.3, 0.4) is 0 Å². The van der Waals surface area contributed by atoms with Crippen LogP contribution in [0.2, 0.25) is 0 Å². The molecule has 0 spiro atoms. The van der Waals surface area contributed by atoms with E-state index in [0.717, 1.165) is 30.8 Å². The lowest BCUT2D eigenvalue weighted by atomic mass is 10.1. The van der Waals surface area contributed by atoms with Crippen molar-refractivity contribution in [3.05, 3.63) is 35.1 Å². The van der Waals surface area contributed by atoms with Gasteiger partial charge in [-0.15, -0.1) is 0 Å². The molecule has 1 fully saturated rings. The molecule has 0 bridgehead atoms. The molecular weight excluding hydrogens is 251 g/mol. The fourth-order valence-corrected chi connectivity index (χ4v) is 2.67. The van der Waals surface area contributed by atoms with E-state index in [1.807, 2.05) is 12.1 Å². The first-order chi connectivity index (χ1) is 9.35. The van der Waals surface area contributed by atoms with Crippen LogP contribution in [0.5, 0.6) is 0 Å². The highest BCUT2D eigenvalue weighted by molar-refractivity contribution is 5.25. The van der Waals surface area contributed by atoms with Gasteiger partial charge in [0.1, 0.15) is 5.82 Å². The molecule has 1 atom stereocenters. The van der Waals surface area contributed by atoms with E-state index in [-0.39, 0.29) is 11.4 Å². The maximum Gasteiger partial charge on any atom is 0.127 e. The lowest BCUT2D eigenvalue weighted by Crippen LogP contribution is -2.35. The van der Waals surface area contributed by atoms with Crippen LogP contribution in [0.1, 0.15) is 51.7 Å². The zero-order chi connectivity index (χ0) is 14.8. The summed E-state index contributed by atoms with van der Waals surface area (Å²) in [6, 6.07) is 6.07. The Bertz CT molecular complexity index is 451. The Balaban J connectivity index is 2.04.